The minimum atomic E-state index is -0.607. The zero-order chi connectivity index (χ0) is 15.8. The van der Waals surface area contributed by atoms with Crippen molar-refractivity contribution in [2.24, 2.45) is 0 Å². The van der Waals surface area contributed by atoms with E-state index in [2.05, 4.69) is 4.57 Å². The Morgan fingerprint density at radius 2 is 2.18 bits per heavy atom. The summed E-state index contributed by atoms with van der Waals surface area (Å²) in [5.41, 5.74) is 0.864. The van der Waals surface area contributed by atoms with E-state index in [4.69, 9.17) is 14.7 Å². The average molecular weight is 302 g/mol. The van der Waals surface area contributed by atoms with Crippen molar-refractivity contribution in [1.82, 2.24) is 4.57 Å². The predicted octanol–water partition coefficient (Wildman–Crippen LogP) is 3.09. The normalized spacial score (nSPS) is 16.3. The molecule has 0 saturated heterocycles. The Morgan fingerprint density at radius 3 is 2.86 bits per heavy atom. The van der Waals surface area contributed by atoms with Gasteiger partial charge in [0.25, 0.3) is 0 Å². The highest BCUT2D eigenvalue weighted by Crippen LogP contribution is 2.28. The van der Waals surface area contributed by atoms with Gasteiger partial charge in [-0.1, -0.05) is 19.3 Å². The van der Waals surface area contributed by atoms with E-state index in [1.807, 2.05) is 24.5 Å². The third-order valence-electron chi connectivity index (χ3n) is 3.91. The van der Waals surface area contributed by atoms with Crippen LogP contribution in [0.4, 0.5) is 0 Å². The number of aromatic nitrogens is 1. The molecule has 1 fully saturated rings. The molecule has 1 aromatic rings. The highest BCUT2D eigenvalue weighted by atomic mass is 16.6. The molecule has 0 N–H and O–H groups in total. The summed E-state index contributed by atoms with van der Waals surface area (Å²) in [6, 6.07) is 4.36. The van der Waals surface area contributed by atoms with Crippen molar-refractivity contribution in [3.63, 3.8) is 0 Å². The van der Waals surface area contributed by atoms with Gasteiger partial charge in [-0.2, -0.15) is 5.26 Å². The van der Waals surface area contributed by atoms with Crippen molar-refractivity contribution >= 4 is 12.0 Å². The van der Waals surface area contributed by atoms with Crippen LogP contribution in [0.15, 0.2) is 24.0 Å². The van der Waals surface area contributed by atoms with E-state index >= 15 is 0 Å². The van der Waals surface area contributed by atoms with E-state index in [1.54, 1.807) is 6.08 Å². The fraction of sp³-hybridized carbons (Fsp3) is 0.529. The second-order valence-corrected chi connectivity index (χ2v) is 5.48. The molecule has 1 heterocycles. The Kier molecular flexibility index (Phi) is 6.23. The first-order valence-corrected chi connectivity index (χ1v) is 7.70. The topological polar surface area (TPSA) is 64.2 Å². The Balaban J connectivity index is 2.01. The van der Waals surface area contributed by atoms with E-state index in [-0.39, 0.29) is 12.2 Å². The van der Waals surface area contributed by atoms with Gasteiger partial charge in [-0.25, -0.2) is 4.79 Å². The van der Waals surface area contributed by atoms with Crippen LogP contribution in [0, 0.1) is 11.3 Å². The van der Waals surface area contributed by atoms with Crippen LogP contribution >= 0.6 is 0 Å². The third-order valence-corrected chi connectivity index (χ3v) is 3.91. The minimum absolute atomic E-state index is 0.0116. The fourth-order valence-corrected chi connectivity index (χ4v) is 2.72. The van der Waals surface area contributed by atoms with Gasteiger partial charge in [-0.3, -0.25) is 0 Å². The van der Waals surface area contributed by atoms with Crippen LogP contribution in [0.1, 0.15) is 43.7 Å². The number of hydrogen-bond acceptors (Lipinski definition) is 4. The Labute approximate surface area is 131 Å². The van der Waals surface area contributed by atoms with E-state index < -0.39 is 5.97 Å². The van der Waals surface area contributed by atoms with Gasteiger partial charge in [0, 0.05) is 25.5 Å². The van der Waals surface area contributed by atoms with Gasteiger partial charge in [0.1, 0.15) is 18.2 Å². The van der Waals surface area contributed by atoms with Gasteiger partial charge in [0.05, 0.1) is 6.61 Å². The van der Waals surface area contributed by atoms with Crippen molar-refractivity contribution in [2.75, 3.05) is 20.3 Å². The van der Waals surface area contributed by atoms with E-state index in [0.717, 1.165) is 5.56 Å². The zero-order valence-corrected chi connectivity index (χ0v) is 13.0. The molecular formula is C17H22N2O3. The summed E-state index contributed by atoms with van der Waals surface area (Å²) in [5, 5.41) is 9.11. The summed E-state index contributed by atoms with van der Waals surface area (Å²) in [4.78, 5) is 11.8. The molecule has 1 aromatic heterocycles. The predicted molar refractivity (Wildman–Crippen MR) is 83.0 cm³/mol. The largest absolute Gasteiger partial charge is 0.459 e. The number of methoxy groups -OCH3 is 1. The number of rotatable bonds is 6. The van der Waals surface area contributed by atoms with E-state index in [1.165, 1.54) is 39.2 Å². The number of ether oxygens (including phenoxy) is 2. The van der Waals surface area contributed by atoms with Crippen LogP contribution < -0.4 is 0 Å². The Morgan fingerprint density at radius 1 is 1.41 bits per heavy atom. The van der Waals surface area contributed by atoms with Crippen molar-refractivity contribution in [3.8, 4) is 6.07 Å². The number of carbonyl (C=O) groups is 1. The van der Waals surface area contributed by atoms with Crippen molar-refractivity contribution in [2.45, 2.75) is 38.1 Å². The second-order valence-electron chi connectivity index (χ2n) is 5.48. The summed E-state index contributed by atoms with van der Waals surface area (Å²) in [7, 11) is 1.53. The number of nitrogens with zero attached hydrogens (tertiary/aromatic N) is 2. The lowest BCUT2D eigenvalue weighted by Gasteiger charge is -2.23. The average Bonchev–Trinajstić information content (AvgIpc) is 3.02. The zero-order valence-electron chi connectivity index (χ0n) is 13.0. The molecule has 0 aromatic carbocycles. The molecule has 0 unspecified atom stereocenters. The lowest BCUT2D eigenvalue weighted by molar-refractivity contribution is -0.139. The summed E-state index contributed by atoms with van der Waals surface area (Å²) in [6.45, 7) is 0.472. The maximum Gasteiger partial charge on any atom is 0.348 e. The summed E-state index contributed by atoms with van der Waals surface area (Å²) < 4.78 is 12.0. The van der Waals surface area contributed by atoms with Crippen molar-refractivity contribution < 1.29 is 14.3 Å². The van der Waals surface area contributed by atoms with Crippen LogP contribution in [-0.4, -0.2) is 30.9 Å². The maximum absolute atomic E-state index is 11.8. The van der Waals surface area contributed by atoms with Gasteiger partial charge < -0.3 is 14.0 Å². The van der Waals surface area contributed by atoms with Crippen molar-refractivity contribution in [1.29, 1.82) is 5.26 Å². The van der Waals surface area contributed by atoms with Gasteiger partial charge in [0.2, 0.25) is 0 Å². The van der Waals surface area contributed by atoms with Gasteiger partial charge in [0.15, 0.2) is 0 Å². The molecule has 0 aliphatic heterocycles. The summed E-state index contributed by atoms with van der Waals surface area (Å²) in [5.74, 6) is -0.607. The van der Waals surface area contributed by atoms with Crippen LogP contribution in [0.3, 0.4) is 0 Å². The number of nitriles is 1. The maximum atomic E-state index is 11.8. The second kappa shape index (κ2) is 8.40. The molecule has 1 aliphatic rings. The highest BCUT2D eigenvalue weighted by molar-refractivity contribution is 5.97. The van der Waals surface area contributed by atoms with Gasteiger partial charge >= 0.3 is 5.97 Å². The van der Waals surface area contributed by atoms with Crippen LogP contribution in [0.5, 0.6) is 0 Å². The molecule has 22 heavy (non-hydrogen) atoms. The SMILES string of the molecule is COCCOC(=O)/C(C#N)=C\c1ccn(C2CCCCC2)c1. The fourth-order valence-electron chi connectivity index (χ4n) is 2.72. The standard InChI is InChI=1S/C17H22N2O3/c1-21-9-10-22-17(20)15(12-18)11-14-7-8-19(13-14)16-5-3-2-4-6-16/h7-8,11,13,16H,2-6,9-10H2,1H3/b15-11-. The third kappa shape index (κ3) is 4.47. The molecule has 0 spiro atoms. The molecule has 0 radical (unpaired) electrons. The molecule has 5 heteroatoms. The highest BCUT2D eigenvalue weighted by Gasteiger charge is 2.15. The molecule has 0 amide bonds. The molecule has 2 rings (SSSR count). The molecule has 1 aliphatic carbocycles. The lowest BCUT2D eigenvalue weighted by atomic mass is 9.95. The Hall–Kier alpha value is -2.06. The number of carbonyl (C=O) groups excluding carboxylic acids is 1. The Bertz CT molecular complexity index is 563. The van der Waals surface area contributed by atoms with Gasteiger partial charge in [-0.15, -0.1) is 0 Å². The summed E-state index contributed by atoms with van der Waals surface area (Å²) in [6.07, 6.45) is 11.8. The molecule has 0 atom stereocenters. The quantitative estimate of drug-likeness (QED) is 0.350. The van der Waals surface area contributed by atoms with Crippen LogP contribution in [0.25, 0.3) is 6.08 Å². The first-order chi connectivity index (χ1) is 10.7. The molecule has 1 saturated carbocycles. The minimum Gasteiger partial charge on any atom is -0.459 e. The number of hydrogen-bond donors (Lipinski definition) is 0. The van der Waals surface area contributed by atoms with Crippen LogP contribution in [0.2, 0.25) is 0 Å². The molecule has 0 bridgehead atoms. The van der Waals surface area contributed by atoms with Crippen LogP contribution in [-0.2, 0) is 14.3 Å². The monoisotopic (exact) mass is 302 g/mol. The lowest BCUT2D eigenvalue weighted by Crippen LogP contribution is -2.11. The first-order valence-electron chi connectivity index (χ1n) is 7.70. The smallest absolute Gasteiger partial charge is 0.348 e. The molecular weight excluding hydrogens is 280 g/mol. The van der Waals surface area contributed by atoms with Crippen molar-refractivity contribution in [3.05, 3.63) is 29.6 Å². The van der Waals surface area contributed by atoms with E-state index in [0.29, 0.717) is 12.6 Å². The first kappa shape index (κ1) is 16.3. The van der Waals surface area contributed by atoms with Gasteiger partial charge in [-0.05, 0) is 30.5 Å². The van der Waals surface area contributed by atoms with E-state index in [9.17, 15) is 4.79 Å². The summed E-state index contributed by atoms with van der Waals surface area (Å²) >= 11 is 0. The number of esters is 1. The molecule has 5 nitrogen and oxygen atoms in total. The molecule has 118 valence electrons.